The van der Waals surface area contributed by atoms with Gasteiger partial charge in [-0.3, -0.25) is 0 Å². The first-order chi connectivity index (χ1) is 16.1. The van der Waals surface area contributed by atoms with Crippen molar-refractivity contribution in [1.29, 1.82) is 0 Å². The fourth-order valence-corrected chi connectivity index (χ4v) is 3.65. The zero-order valence-corrected chi connectivity index (χ0v) is 19.9. The van der Waals surface area contributed by atoms with Crippen LogP contribution < -0.4 is 4.90 Å². The zero-order chi connectivity index (χ0) is 23.5. The summed E-state index contributed by atoms with van der Waals surface area (Å²) in [6.45, 7) is 14.3. The number of aryl methyl sites for hydroxylation is 2. The lowest BCUT2D eigenvalue weighted by Gasteiger charge is -2.26. The van der Waals surface area contributed by atoms with Crippen molar-refractivity contribution in [2.75, 3.05) is 31.3 Å². The minimum absolute atomic E-state index is 0.592. The Morgan fingerprint density at radius 3 is 1.52 bits per heavy atom. The van der Waals surface area contributed by atoms with E-state index in [2.05, 4.69) is 98.6 Å². The molecule has 3 nitrogen and oxygen atoms in total. The first kappa shape index (κ1) is 24.5. The third kappa shape index (κ3) is 7.18. The molecular formula is C30H35NO2. The number of anilines is 3. The molecule has 33 heavy (non-hydrogen) atoms. The largest absolute Gasteiger partial charge is 0.377 e. The van der Waals surface area contributed by atoms with Gasteiger partial charge in [-0.15, -0.1) is 13.2 Å². The normalized spacial score (nSPS) is 10.7. The van der Waals surface area contributed by atoms with Crippen LogP contribution in [0.4, 0.5) is 17.1 Å². The van der Waals surface area contributed by atoms with Gasteiger partial charge in [-0.2, -0.15) is 0 Å². The Labute approximate surface area is 199 Å². The number of nitrogens with zero attached hydrogens (tertiary/aromatic N) is 1. The lowest BCUT2D eigenvalue weighted by atomic mass is 10.1. The van der Waals surface area contributed by atoms with Crippen LogP contribution in [0.3, 0.4) is 0 Å². The standard InChI is InChI=1S/C30H35NO2/c1-5-19-32-21-17-26-8-13-28(14-9-26)31(30-12-7-24(3)25(4)23-30)29-15-10-27(11-16-29)18-22-33-20-6-2/h5-16,23H,1-2,17-22H2,3-4H3. The highest BCUT2D eigenvalue weighted by Gasteiger charge is 2.13. The van der Waals surface area contributed by atoms with Gasteiger partial charge < -0.3 is 14.4 Å². The van der Waals surface area contributed by atoms with Gasteiger partial charge in [-0.1, -0.05) is 42.5 Å². The number of rotatable bonds is 13. The van der Waals surface area contributed by atoms with Crippen LogP contribution in [-0.2, 0) is 22.3 Å². The molecule has 0 radical (unpaired) electrons. The maximum atomic E-state index is 5.54. The van der Waals surface area contributed by atoms with Crippen LogP contribution in [0, 0.1) is 13.8 Å². The van der Waals surface area contributed by atoms with E-state index in [-0.39, 0.29) is 0 Å². The predicted molar refractivity (Wildman–Crippen MR) is 140 cm³/mol. The van der Waals surface area contributed by atoms with E-state index in [0.29, 0.717) is 26.4 Å². The highest BCUT2D eigenvalue weighted by molar-refractivity contribution is 5.77. The molecule has 0 aliphatic rings. The van der Waals surface area contributed by atoms with E-state index < -0.39 is 0 Å². The second kappa shape index (κ2) is 12.8. The van der Waals surface area contributed by atoms with Gasteiger partial charge in [0.15, 0.2) is 0 Å². The summed E-state index contributed by atoms with van der Waals surface area (Å²) in [5.74, 6) is 0. The quantitative estimate of drug-likeness (QED) is 0.206. The maximum Gasteiger partial charge on any atom is 0.0644 e. The van der Waals surface area contributed by atoms with E-state index >= 15 is 0 Å². The number of ether oxygens (including phenoxy) is 2. The third-order valence-corrected chi connectivity index (χ3v) is 5.68. The van der Waals surface area contributed by atoms with Crippen molar-refractivity contribution >= 4 is 17.1 Å². The molecule has 3 heteroatoms. The molecule has 0 saturated carbocycles. The van der Waals surface area contributed by atoms with Gasteiger partial charge in [0.25, 0.3) is 0 Å². The number of benzene rings is 3. The van der Waals surface area contributed by atoms with Crippen LogP contribution in [0.15, 0.2) is 92.0 Å². The van der Waals surface area contributed by atoms with Crippen LogP contribution in [0.25, 0.3) is 0 Å². The van der Waals surface area contributed by atoms with E-state index in [9.17, 15) is 0 Å². The molecule has 0 atom stereocenters. The molecule has 0 heterocycles. The lowest BCUT2D eigenvalue weighted by Crippen LogP contribution is -2.11. The first-order valence-electron chi connectivity index (χ1n) is 11.5. The molecule has 0 amide bonds. The van der Waals surface area contributed by atoms with Crippen molar-refractivity contribution in [2.45, 2.75) is 26.7 Å². The van der Waals surface area contributed by atoms with Gasteiger partial charge >= 0.3 is 0 Å². The molecular weight excluding hydrogens is 406 g/mol. The van der Waals surface area contributed by atoms with Crippen molar-refractivity contribution in [1.82, 2.24) is 0 Å². The highest BCUT2D eigenvalue weighted by Crippen LogP contribution is 2.35. The predicted octanol–water partition coefficient (Wildman–Crippen LogP) is 7.26. The second-order valence-corrected chi connectivity index (χ2v) is 8.16. The summed E-state index contributed by atoms with van der Waals surface area (Å²) in [6.07, 6.45) is 5.34. The van der Waals surface area contributed by atoms with Gasteiger partial charge in [0.05, 0.1) is 26.4 Å². The Hall–Kier alpha value is -3.14. The highest BCUT2D eigenvalue weighted by atomic mass is 16.5. The number of hydrogen-bond acceptors (Lipinski definition) is 3. The monoisotopic (exact) mass is 441 g/mol. The Morgan fingerprint density at radius 2 is 1.09 bits per heavy atom. The van der Waals surface area contributed by atoms with Crippen molar-refractivity contribution in [2.24, 2.45) is 0 Å². The molecule has 0 fully saturated rings. The topological polar surface area (TPSA) is 21.7 Å². The summed E-state index contributed by atoms with van der Waals surface area (Å²) in [5.41, 5.74) is 8.53. The summed E-state index contributed by atoms with van der Waals surface area (Å²) < 4.78 is 11.1. The average molecular weight is 442 g/mol. The Bertz CT molecular complexity index is 963. The van der Waals surface area contributed by atoms with Crippen LogP contribution in [0.2, 0.25) is 0 Å². The minimum Gasteiger partial charge on any atom is -0.377 e. The molecule has 0 unspecified atom stereocenters. The fourth-order valence-electron chi connectivity index (χ4n) is 3.65. The molecule has 0 saturated heterocycles. The lowest BCUT2D eigenvalue weighted by molar-refractivity contribution is 0.166. The maximum absolute atomic E-state index is 5.54. The van der Waals surface area contributed by atoms with E-state index in [1.165, 1.54) is 22.3 Å². The average Bonchev–Trinajstić information content (AvgIpc) is 2.84. The van der Waals surface area contributed by atoms with Crippen molar-refractivity contribution in [3.05, 3.63) is 114 Å². The third-order valence-electron chi connectivity index (χ3n) is 5.68. The van der Waals surface area contributed by atoms with Gasteiger partial charge in [-0.25, -0.2) is 0 Å². The van der Waals surface area contributed by atoms with Crippen molar-refractivity contribution in [3.8, 4) is 0 Å². The molecule has 0 N–H and O–H groups in total. The Morgan fingerprint density at radius 1 is 0.636 bits per heavy atom. The van der Waals surface area contributed by atoms with E-state index in [4.69, 9.17) is 9.47 Å². The van der Waals surface area contributed by atoms with Crippen molar-refractivity contribution in [3.63, 3.8) is 0 Å². The van der Waals surface area contributed by atoms with Gasteiger partial charge in [0.1, 0.15) is 0 Å². The fraction of sp³-hybridized carbons (Fsp3) is 0.267. The van der Waals surface area contributed by atoms with Crippen LogP contribution in [-0.4, -0.2) is 26.4 Å². The summed E-state index contributed by atoms with van der Waals surface area (Å²) in [6, 6.07) is 24.1. The first-order valence-corrected chi connectivity index (χ1v) is 11.5. The summed E-state index contributed by atoms with van der Waals surface area (Å²) in [7, 11) is 0. The Balaban J connectivity index is 1.83. The van der Waals surface area contributed by atoms with E-state index in [1.807, 2.05) is 0 Å². The van der Waals surface area contributed by atoms with Crippen LogP contribution in [0.5, 0.6) is 0 Å². The SMILES string of the molecule is C=CCOCCc1ccc(N(c2ccc(CCOCC=C)cc2)c2ccc(C)c(C)c2)cc1. The number of hydrogen-bond donors (Lipinski definition) is 0. The molecule has 3 aromatic carbocycles. The second-order valence-electron chi connectivity index (χ2n) is 8.16. The Kier molecular flexibility index (Phi) is 9.49. The summed E-state index contributed by atoms with van der Waals surface area (Å²) in [4.78, 5) is 2.31. The van der Waals surface area contributed by atoms with Gasteiger partial charge in [0, 0.05) is 17.1 Å². The molecule has 0 aliphatic heterocycles. The molecule has 0 spiro atoms. The molecule has 3 rings (SSSR count). The summed E-state index contributed by atoms with van der Waals surface area (Å²) in [5, 5.41) is 0. The summed E-state index contributed by atoms with van der Waals surface area (Å²) >= 11 is 0. The van der Waals surface area contributed by atoms with Crippen molar-refractivity contribution < 1.29 is 9.47 Å². The molecule has 0 aliphatic carbocycles. The van der Waals surface area contributed by atoms with Crippen LogP contribution in [0.1, 0.15) is 22.3 Å². The van der Waals surface area contributed by atoms with Crippen LogP contribution >= 0.6 is 0 Å². The van der Waals surface area contributed by atoms with E-state index in [1.54, 1.807) is 12.2 Å². The van der Waals surface area contributed by atoms with Gasteiger partial charge in [-0.05, 0) is 85.3 Å². The van der Waals surface area contributed by atoms with Gasteiger partial charge in [0.2, 0.25) is 0 Å². The minimum atomic E-state index is 0.592. The zero-order valence-electron chi connectivity index (χ0n) is 19.9. The molecule has 0 aromatic heterocycles. The smallest absolute Gasteiger partial charge is 0.0644 e. The molecule has 172 valence electrons. The molecule has 0 bridgehead atoms. The molecule has 3 aromatic rings. The van der Waals surface area contributed by atoms with E-state index in [0.717, 1.165) is 29.9 Å².